The first kappa shape index (κ1) is 26.6. The molecule has 1 atom stereocenters. The largest absolute Gasteiger partial charge is 0.618 e. The highest BCUT2D eigenvalue weighted by atomic mass is 35.5. The lowest BCUT2D eigenvalue weighted by Gasteiger charge is -2.18. The van der Waals surface area contributed by atoms with E-state index in [4.69, 9.17) is 23.2 Å². The zero-order valence-corrected chi connectivity index (χ0v) is 21.5. The summed E-state index contributed by atoms with van der Waals surface area (Å²) in [5.74, 6) is -0.262. The van der Waals surface area contributed by atoms with Crippen LogP contribution in [0.15, 0.2) is 55.4 Å². The maximum Gasteiger partial charge on any atom is 0.345 e. The van der Waals surface area contributed by atoms with E-state index >= 15 is 4.39 Å². The molecule has 1 unspecified atom stereocenters. The Labute approximate surface area is 228 Å². The molecule has 0 spiro atoms. The van der Waals surface area contributed by atoms with Crippen LogP contribution in [0.3, 0.4) is 0 Å². The van der Waals surface area contributed by atoms with E-state index in [2.05, 4.69) is 30.2 Å². The molecule has 0 N–H and O–H groups in total. The number of pyridine rings is 1. The molecule has 5 rings (SSSR count). The molecule has 11 nitrogen and oxygen atoms in total. The molecule has 202 valence electrons. The predicted molar refractivity (Wildman–Crippen MR) is 133 cm³/mol. The van der Waals surface area contributed by atoms with Crippen molar-refractivity contribution in [3.8, 4) is 28.2 Å². The molecule has 0 radical (unpaired) electrons. The van der Waals surface area contributed by atoms with Gasteiger partial charge < -0.3 is 9.94 Å². The molecule has 0 aliphatic rings. The Kier molecular flexibility index (Phi) is 7.50. The lowest BCUT2D eigenvalue weighted by atomic mass is 10.0. The summed E-state index contributed by atoms with van der Waals surface area (Å²) in [7, 11) is 1.70. The molecule has 0 bridgehead atoms. The van der Waals surface area contributed by atoms with Crippen molar-refractivity contribution in [1.82, 2.24) is 39.5 Å². The minimum Gasteiger partial charge on any atom is -0.618 e. The van der Waals surface area contributed by atoms with Crippen LogP contribution < -0.4 is 4.73 Å². The summed E-state index contributed by atoms with van der Waals surface area (Å²) >= 11 is 11.9. The van der Waals surface area contributed by atoms with Crippen LogP contribution in [0.4, 0.5) is 13.2 Å². The monoisotopic (exact) mass is 579 g/mol. The first-order valence-electron chi connectivity index (χ1n) is 11.3. The Morgan fingerprint density at radius 2 is 1.92 bits per heavy atom. The number of hydrogen-bond acceptors (Lipinski definition) is 7. The van der Waals surface area contributed by atoms with Crippen molar-refractivity contribution in [1.29, 1.82) is 0 Å². The number of benzene rings is 1. The smallest absolute Gasteiger partial charge is 0.345 e. The van der Waals surface area contributed by atoms with Gasteiger partial charge in [-0.1, -0.05) is 28.4 Å². The first-order chi connectivity index (χ1) is 18.7. The van der Waals surface area contributed by atoms with Gasteiger partial charge in [0.1, 0.15) is 12.4 Å². The molecule has 0 saturated heterocycles. The third-order valence-corrected chi connectivity index (χ3v) is 6.35. The van der Waals surface area contributed by atoms with Crippen molar-refractivity contribution in [2.75, 3.05) is 6.61 Å². The van der Waals surface area contributed by atoms with Crippen LogP contribution in [0, 0.1) is 11.0 Å². The highest BCUT2D eigenvalue weighted by molar-refractivity contribution is 6.31. The van der Waals surface area contributed by atoms with Gasteiger partial charge in [-0.2, -0.15) is 23.7 Å². The summed E-state index contributed by atoms with van der Waals surface area (Å²) in [4.78, 5) is 4.17. The summed E-state index contributed by atoms with van der Waals surface area (Å²) < 4.78 is 49.9. The van der Waals surface area contributed by atoms with Crippen LogP contribution in [-0.4, -0.2) is 52.8 Å². The second-order valence-corrected chi connectivity index (χ2v) is 9.06. The van der Waals surface area contributed by atoms with Crippen molar-refractivity contribution in [3.05, 3.63) is 82.3 Å². The molecule has 0 aliphatic heterocycles. The number of aryl methyl sites for hydroxylation is 1. The maximum atomic E-state index is 15.3. The summed E-state index contributed by atoms with van der Waals surface area (Å²) in [5.41, 5.74) is 1.16. The zero-order valence-electron chi connectivity index (χ0n) is 20.0. The van der Waals surface area contributed by atoms with Crippen molar-refractivity contribution < 1.29 is 22.6 Å². The van der Waals surface area contributed by atoms with Crippen LogP contribution in [0.2, 0.25) is 10.2 Å². The van der Waals surface area contributed by atoms with Gasteiger partial charge in [0.2, 0.25) is 5.69 Å². The molecule has 4 heterocycles. The lowest BCUT2D eigenvalue weighted by molar-refractivity contribution is -0.615. The minimum atomic E-state index is -2.98. The summed E-state index contributed by atoms with van der Waals surface area (Å²) in [6.07, 6.45) is 7.03. The average Bonchev–Trinajstić information content (AvgIpc) is 3.65. The highest BCUT2D eigenvalue weighted by Gasteiger charge is 2.26. The third kappa shape index (κ3) is 5.44. The number of rotatable bonds is 9. The molecular formula is C23H18Cl2F3N9O2. The number of nitrogens with zero attached hydrogens (tertiary/aromatic N) is 9. The second kappa shape index (κ2) is 11.0. The third-order valence-electron chi connectivity index (χ3n) is 5.89. The minimum absolute atomic E-state index is 0.0125. The van der Waals surface area contributed by atoms with Gasteiger partial charge in [0.15, 0.2) is 23.0 Å². The molecule has 5 aromatic rings. The number of ether oxygens (including phenoxy) is 1. The van der Waals surface area contributed by atoms with Crippen LogP contribution in [0.5, 0.6) is 0 Å². The van der Waals surface area contributed by atoms with Gasteiger partial charge in [-0.15, -0.1) is 5.10 Å². The van der Waals surface area contributed by atoms with E-state index in [-0.39, 0.29) is 45.7 Å². The number of alkyl halides is 2. The summed E-state index contributed by atoms with van der Waals surface area (Å²) in [5, 5.41) is 29.1. The lowest BCUT2D eigenvalue weighted by Crippen LogP contribution is -2.36. The van der Waals surface area contributed by atoms with E-state index in [1.165, 1.54) is 57.0 Å². The normalized spacial score (nSPS) is 12.4. The molecule has 1 aromatic carbocycles. The Bertz CT molecular complexity index is 1620. The molecular weight excluding hydrogens is 562 g/mol. The van der Waals surface area contributed by atoms with Crippen molar-refractivity contribution >= 4 is 23.2 Å². The molecule has 0 saturated carbocycles. The Balaban J connectivity index is 1.55. The van der Waals surface area contributed by atoms with Crippen molar-refractivity contribution in [2.45, 2.75) is 19.1 Å². The number of hydrogen-bond donors (Lipinski definition) is 0. The predicted octanol–water partition coefficient (Wildman–Crippen LogP) is 4.22. The molecule has 0 fully saturated rings. The fourth-order valence-corrected chi connectivity index (χ4v) is 4.42. The van der Waals surface area contributed by atoms with E-state index in [1.807, 2.05) is 0 Å². The maximum absolute atomic E-state index is 15.3. The van der Waals surface area contributed by atoms with Gasteiger partial charge in [-0.3, -0.25) is 4.68 Å². The number of aromatic nitrogens is 9. The SMILES string of the molecule is Cn1ncnc1-c1cnn(C(CCOC(F)F)c2ccc(-c3c(-n4cc(Cl)nn4)ccc(Cl)c3F)c[n+]2[O-])c1. The Hall–Kier alpha value is -4.01. The quantitative estimate of drug-likeness (QED) is 0.189. The van der Waals surface area contributed by atoms with Crippen molar-refractivity contribution in [3.63, 3.8) is 0 Å². The molecule has 16 heteroatoms. The average molecular weight is 580 g/mol. The molecule has 0 amide bonds. The Morgan fingerprint density at radius 3 is 2.59 bits per heavy atom. The van der Waals surface area contributed by atoms with Gasteiger partial charge in [0.05, 0.1) is 46.4 Å². The van der Waals surface area contributed by atoms with E-state index in [0.717, 1.165) is 6.20 Å². The number of halogens is 5. The van der Waals surface area contributed by atoms with Crippen LogP contribution in [-0.2, 0) is 11.8 Å². The van der Waals surface area contributed by atoms with Crippen LogP contribution >= 0.6 is 23.2 Å². The van der Waals surface area contributed by atoms with E-state index in [1.54, 1.807) is 13.2 Å². The van der Waals surface area contributed by atoms with Gasteiger partial charge in [-0.05, 0) is 18.2 Å². The summed E-state index contributed by atoms with van der Waals surface area (Å²) in [6, 6.07) is 5.01. The summed E-state index contributed by atoms with van der Waals surface area (Å²) in [6.45, 7) is -3.34. The van der Waals surface area contributed by atoms with Gasteiger partial charge >= 0.3 is 6.61 Å². The van der Waals surface area contributed by atoms with E-state index in [0.29, 0.717) is 16.1 Å². The standard InChI is InChI=1S/C23H18Cl2F3N9O2/c1-34-22(29-12-31-34)14-8-30-35(9-14)16(6-7-39-23(27)28)17-4-2-13(10-37(17)38)20-18(5-3-15(24)21(20)26)36-11-19(25)32-33-36/h2-5,8-12,16,23H,6-7H2,1H3. The fourth-order valence-electron chi connectivity index (χ4n) is 4.13. The fraction of sp³-hybridized carbons (Fsp3) is 0.217. The topological polar surface area (TPSA) is 115 Å². The second-order valence-electron chi connectivity index (χ2n) is 8.26. The molecule has 4 aromatic heterocycles. The van der Waals surface area contributed by atoms with E-state index < -0.39 is 18.5 Å². The first-order valence-corrected chi connectivity index (χ1v) is 12.1. The molecule has 0 aliphatic carbocycles. The Morgan fingerprint density at radius 1 is 1.10 bits per heavy atom. The van der Waals surface area contributed by atoms with Crippen LogP contribution in [0.1, 0.15) is 18.2 Å². The van der Waals surface area contributed by atoms with Gasteiger partial charge in [0, 0.05) is 25.7 Å². The molecule has 39 heavy (non-hydrogen) atoms. The highest BCUT2D eigenvalue weighted by Crippen LogP contribution is 2.34. The van der Waals surface area contributed by atoms with Gasteiger partial charge in [-0.25, -0.2) is 18.7 Å². The zero-order chi connectivity index (χ0) is 27.7. The van der Waals surface area contributed by atoms with E-state index in [9.17, 15) is 14.0 Å². The van der Waals surface area contributed by atoms with Crippen LogP contribution in [0.25, 0.3) is 28.2 Å². The van der Waals surface area contributed by atoms with Gasteiger partial charge in [0.25, 0.3) is 0 Å². The van der Waals surface area contributed by atoms with Crippen molar-refractivity contribution in [2.24, 2.45) is 7.05 Å².